The van der Waals surface area contributed by atoms with E-state index in [-0.39, 0.29) is 12.5 Å². The molecule has 0 atom stereocenters. The lowest BCUT2D eigenvalue weighted by Crippen LogP contribution is -2.24. The molecule has 26 heavy (non-hydrogen) atoms. The highest BCUT2D eigenvalue weighted by Gasteiger charge is 2.07. The monoisotopic (exact) mass is 415 g/mol. The van der Waals surface area contributed by atoms with Gasteiger partial charge >= 0.3 is 0 Å². The summed E-state index contributed by atoms with van der Waals surface area (Å²) in [6.45, 7) is 1.82. The molecule has 134 valence electrons. The molecule has 0 saturated carbocycles. The number of nitrogens with zero attached hydrogens (tertiary/aromatic N) is 1. The van der Waals surface area contributed by atoms with E-state index in [1.165, 1.54) is 0 Å². The van der Waals surface area contributed by atoms with Crippen molar-refractivity contribution in [1.29, 1.82) is 0 Å². The molecule has 0 unspecified atom stereocenters. The average molecular weight is 416 g/mol. The van der Waals surface area contributed by atoms with Crippen LogP contribution in [0.25, 0.3) is 10.9 Å². The van der Waals surface area contributed by atoms with Gasteiger partial charge in [0.05, 0.1) is 17.8 Å². The summed E-state index contributed by atoms with van der Waals surface area (Å²) >= 11 is 3.38. The first-order chi connectivity index (χ1) is 12.6. The molecule has 1 heterocycles. The summed E-state index contributed by atoms with van der Waals surface area (Å²) in [6.07, 6.45) is 1.63. The number of aromatic nitrogens is 1. The van der Waals surface area contributed by atoms with Crippen LogP contribution >= 0.6 is 15.9 Å². The standard InChI is InChI=1S/C19H18BrN3O3/c1-12-15(14-5-3-4-6-17(14)22-12)10-21-23-19(24)11-26-18-8-7-13(25-2)9-16(18)20/h3-10,22H,11H2,1-2H3,(H,23,24)/b21-10+. The van der Waals surface area contributed by atoms with Crippen LogP contribution in [-0.2, 0) is 4.79 Å². The Morgan fingerprint density at radius 1 is 1.31 bits per heavy atom. The van der Waals surface area contributed by atoms with Crippen LogP contribution in [0, 0.1) is 6.92 Å². The van der Waals surface area contributed by atoms with E-state index in [0.29, 0.717) is 16.0 Å². The molecule has 0 radical (unpaired) electrons. The highest BCUT2D eigenvalue weighted by Crippen LogP contribution is 2.29. The predicted octanol–water partition coefficient (Wildman–Crippen LogP) is 3.78. The van der Waals surface area contributed by atoms with Crippen LogP contribution in [-0.4, -0.2) is 30.8 Å². The number of benzene rings is 2. The number of rotatable bonds is 6. The third-order valence-corrected chi connectivity index (χ3v) is 4.44. The molecular weight excluding hydrogens is 398 g/mol. The molecular formula is C19H18BrN3O3. The largest absolute Gasteiger partial charge is 0.497 e. The second-order valence-electron chi connectivity index (χ2n) is 5.59. The lowest BCUT2D eigenvalue weighted by molar-refractivity contribution is -0.123. The number of aromatic amines is 1. The number of ether oxygens (including phenoxy) is 2. The van der Waals surface area contributed by atoms with Gasteiger partial charge < -0.3 is 14.5 Å². The Morgan fingerprint density at radius 3 is 2.88 bits per heavy atom. The van der Waals surface area contributed by atoms with Gasteiger partial charge in [-0.25, -0.2) is 5.43 Å². The van der Waals surface area contributed by atoms with Crippen molar-refractivity contribution in [2.45, 2.75) is 6.92 Å². The Hall–Kier alpha value is -2.80. The summed E-state index contributed by atoms with van der Waals surface area (Å²) in [5.74, 6) is 0.909. The first kappa shape index (κ1) is 18.0. The summed E-state index contributed by atoms with van der Waals surface area (Å²) < 4.78 is 11.3. The van der Waals surface area contributed by atoms with E-state index in [1.54, 1.807) is 31.5 Å². The van der Waals surface area contributed by atoms with Crippen LogP contribution in [0.4, 0.5) is 0 Å². The molecule has 0 aliphatic rings. The number of halogens is 1. The van der Waals surface area contributed by atoms with E-state index in [4.69, 9.17) is 9.47 Å². The maximum absolute atomic E-state index is 11.9. The van der Waals surface area contributed by atoms with Crippen LogP contribution in [0.5, 0.6) is 11.5 Å². The SMILES string of the molecule is COc1ccc(OCC(=O)N/N=C/c2c(C)[nH]c3ccccc23)c(Br)c1. The van der Waals surface area contributed by atoms with Crippen molar-refractivity contribution in [2.75, 3.05) is 13.7 Å². The maximum atomic E-state index is 11.9. The lowest BCUT2D eigenvalue weighted by atomic mass is 10.1. The molecule has 6 nitrogen and oxygen atoms in total. The van der Waals surface area contributed by atoms with E-state index >= 15 is 0 Å². The number of hydrazone groups is 1. The highest BCUT2D eigenvalue weighted by atomic mass is 79.9. The van der Waals surface area contributed by atoms with Gasteiger partial charge in [-0.3, -0.25) is 4.79 Å². The number of amides is 1. The second kappa shape index (κ2) is 8.05. The number of hydrogen-bond donors (Lipinski definition) is 2. The smallest absolute Gasteiger partial charge is 0.277 e. The van der Waals surface area contributed by atoms with Crippen LogP contribution in [0.1, 0.15) is 11.3 Å². The molecule has 1 aromatic heterocycles. The van der Waals surface area contributed by atoms with E-state index < -0.39 is 0 Å². The number of aryl methyl sites for hydroxylation is 1. The van der Waals surface area contributed by atoms with Gasteiger partial charge in [-0.15, -0.1) is 0 Å². The fraction of sp³-hybridized carbons (Fsp3) is 0.158. The van der Waals surface area contributed by atoms with E-state index in [9.17, 15) is 4.79 Å². The molecule has 0 saturated heterocycles. The zero-order valence-corrected chi connectivity index (χ0v) is 16.0. The summed E-state index contributed by atoms with van der Waals surface area (Å²) in [6, 6.07) is 13.2. The first-order valence-electron chi connectivity index (χ1n) is 7.94. The van der Waals surface area contributed by atoms with Gasteiger partial charge in [0.25, 0.3) is 5.91 Å². The third-order valence-electron chi connectivity index (χ3n) is 3.82. The fourth-order valence-corrected chi connectivity index (χ4v) is 3.01. The topological polar surface area (TPSA) is 75.7 Å². The second-order valence-corrected chi connectivity index (χ2v) is 6.44. The zero-order valence-electron chi connectivity index (χ0n) is 14.4. The summed E-state index contributed by atoms with van der Waals surface area (Å²) in [5, 5.41) is 5.09. The number of methoxy groups -OCH3 is 1. The van der Waals surface area contributed by atoms with Crippen molar-refractivity contribution >= 4 is 39.0 Å². The average Bonchev–Trinajstić information content (AvgIpc) is 2.96. The van der Waals surface area contributed by atoms with E-state index in [0.717, 1.165) is 22.2 Å². The number of carbonyl (C=O) groups excluding carboxylic acids is 1. The normalized spacial score (nSPS) is 11.0. The zero-order chi connectivity index (χ0) is 18.5. The van der Waals surface area contributed by atoms with E-state index in [1.807, 2.05) is 31.2 Å². The lowest BCUT2D eigenvalue weighted by Gasteiger charge is -2.08. The minimum atomic E-state index is -0.346. The van der Waals surface area contributed by atoms with Gasteiger partial charge in [-0.2, -0.15) is 5.10 Å². The number of nitrogens with one attached hydrogen (secondary N) is 2. The van der Waals surface area contributed by atoms with Crippen molar-refractivity contribution < 1.29 is 14.3 Å². The minimum Gasteiger partial charge on any atom is -0.497 e. The van der Waals surface area contributed by atoms with Gasteiger partial charge in [0.1, 0.15) is 11.5 Å². The molecule has 0 bridgehead atoms. The molecule has 0 aliphatic heterocycles. The maximum Gasteiger partial charge on any atom is 0.277 e. The number of H-pyrrole nitrogens is 1. The molecule has 2 aromatic carbocycles. The minimum absolute atomic E-state index is 0.144. The fourth-order valence-electron chi connectivity index (χ4n) is 2.53. The van der Waals surface area contributed by atoms with Crippen molar-refractivity contribution in [3.8, 4) is 11.5 Å². The molecule has 1 amide bonds. The molecule has 0 aliphatic carbocycles. The van der Waals surface area contributed by atoms with Gasteiger partial charge in [0.2, 0.25) is 0 Å². The highest BCUT2D eigenvalue weighted by molar-refractivity contribution is 9.10. The van der Waals surface area contributed by atoms with Crippen LogP contribution in [0.3, 0.4) is 0 Å². The summed E-state index contributed by atoms with van der Waals surface area (Å²) in [5.41, 5.74) is 5.44. The number of carbonyl (C=O) groups is 1. The molecule has 3 aromatic rings. The molecule has 0 fully saturated rings. The Kier molecular flexibility index (Phi) is 5.58. The molecule has 0 spiro atoms. The number of hydrogen-bond acceptors (Lipinski definition) is 4. The quantitative estimate of drug-likeness (QED) is 0.475. The Labute approximate surface area is 159 Å². The molecule has 3 rings (SSSR count). The predicted molar refractivity (Wildman–Crippen MR) is 105 cm³/mol. The van der Waals surface area contributed by atoms with Crippen LogP contribution < -0.4 is 14.9 Å². The Bertz CT molecular complexity index is 966. The number of fused-ring (bicyclic) bond motifs is 1. The van der Waals surface area contributed by atoms with Crippen molar-refractivity contribution in [3.63, 3.8) is 0 Å². The summed E-state index contributed by atoms with van der Waals surface area (Å²) in [7, 11) is 1.59. The number of para-hydroxylation sites is 1. The first-order valence-corrected chi connectivity index (χ1v) is 8.73. The van der Waals surface area contributed by atoms with Gasteiger partial charge in [0, 0.05) is 22.2 Å². The van der Waals surface area contributed by atoms with Gasteiger partial charge in [-0.05, 0) is 47.1 Å². The van der Waals surface area contributed by atoms with Gasteiger partial charge in [-0.1, -0.05) is 18.2 Å². The molecule has 7 heteroatoms. The Balaban J connectivity index is 1.58. The summed E-state index contributed by atoms with van der Waals surface area (Å²) in [4.78, 5) is 15.2. The third kappa shape index (κ3) is 4.05. The van der Waals surface area contributed by atoms with Crippen LogP contribution in [0.2, 0.25) is 0 Å². The van der Waals surface area contributed by atoms with Crippen LogP contribution in [0.15, 0.2) is 52.0 Å². The Morgan fingerprint density at radius 2 is 2.12 bits per heavy atom. The van der Waals surface area contributed by atoms with Gasteiger partial charge in [0.15, 0.2) is 6.61 Å². The van der Waals surface area contributed by atoms with E-state index in [2.05, 4.69) is 31.4 Å². The van der Waals surface area contributed by atoms with Crippen molar-refractivity contribution in [1.82, 2.24) is 10.4 Å². The van der Waals surface area contributed by atoms with Crippen molar-refractivity contribution in [2.24, 2.45) is 5.10 Å². The molecule has 2 N–H and O–H groups in total. The van der Waals surface area contributed by atoms with Crippen molar-refractivity contribution in [3.05, 3.63) is 58.2 Å².